The highest BCUT2D eigenvalue weighted by molar-refractivity contribution is 7.90. The zero-order valence-electron chi connectivity index (χ0n) is 13.6. The van der Waals surface area contributed by atoms with Crippen molar-refractivity contribution in [2.45, 2.75) is 25.9 Å². The van der Waals surface area contributed by atoms with Gasteiger partial charge in [0.25, 0.3) is 0 Å². The molecule has 128 valence electrons. The van der Waals surface area contributed by atoms with Gasteiger partial charge in [-0.3, -0.25) is 4.99 Å². The molecule has 23 heavy (non-hydrogen) atoms. The topological polar surface area (TPSA) is 89.0 Å². The second-order valence-corrected chi connectivity index (χ2v) is 7.84. The van der Waals surface area contributed by atoms with E-state index in [2.05, 4.69) is 15.6 Å². The third-order valence-electron chi connectivity index (χ3n) is 3.43. The van der Waals surface area contributed by atoms with Crippen molar-refractivity contribution in [3.05, 3.63) is 23.8 Å². The summed E-state index contributed by atoms with van der Waals surface area (Å²) >= 11 is 0. The molecule has 1 atom stereocenters. The minimum Gasteiger partial charge on any atom is -0.454 e. The summed E-state index contributed by atoms with van der Waals surface area (Å²) in [5.41, 5.74) is 1.04. The van der Waals surface area contributed by atoms with Crippen LogP contribution in [0.5, 0.6) is 11.5 Å². The van der Waals surface area contributed by atoms with E-state index in [1.807, 2.05) is 25.1 Å². The molecule has 0 aliphatic carbocycles. The number of ether oxygens (including phenoxy) is 2. The van der Waals surface area contributed by atoms with Crippen LogP contribution < -0.4 is 20.1 Å². The van der Waals surface area contributed by atoms with E-state index in [1.54, 1.807) is 7.05 Å². The molecule has 0 amide bonds. The Kier molecular flexibility index (Phi) is 5.70. The Morgan fingerprint density at radius 2 is 2.09 bits per heavy atom. The molecule has 0 spiro atoms. The highest BCUT2D eigenvalue weighted by Gasteiger charge is 2.13. The fraction of sp³-hybridized carbons (Fsp3) is 0.533. The molecule has 8 heteroatoms. The summed E-state index contributed by atoms with van der Waals surface area (Å²) < 4.78 is 33.0. The predicted molar refractivity (Wildman–Crippen MR) is 89.7 cm³/mol. The van der Waals surface area contributed by atoms with Gasteiger partial charge in [0.1, 0.15) is 9.84 Å². The molecule has 1 aliphatic heterocycles. The van der Waals surface area contributed by atoms with Gasteiger partial charge in [0.2, 0.25) is 6.79 Å². The van der Waals surface area contributed by atoms with Gasteiger partial charge in [-0.25, -0.2) is 8.42 Å². The maximum Gasteiger partial charge on any atom is 0.231 e. The van der Waals surface area contributed by atoms with E-state index in [9.17, 15) is 8.42 Å². The van der Waals surface area contributed by atoms with Crippen molar-refractivity contribution in [2.75, 3.05) is 25.8 Å². The number of hydrogen-bond donors (Lipinski definition) is 2. The van der Waals surface area contributed by atoms with Crippen molar-refractivity contribution in [2.24, 2.45) is 4.99 Å². The quantitative estimate of drug-likeness (QED) is 0.590. The van der Waals surface area contributed by atoms with E-state index in [0.29, 0.717) is 18.9 Å². The average Bonchev–Trinajstić information content (AvgIpc) is 2.96. The van der Waals surface area contributed by atoms with Crippen molar-refractivity contribution >= 4 is 15.8 Å². The molecule has 0 saturated carbocycles. The Morgan fingerprint density at radius 3 is 2.78 bits per heavy atom. The Morgan fingerprint density at radius 1 is 1.35 bits per heavy atom. The average molecular weight is 341 g/mol. The Hall–Kier alpha value is -1.96. The van der Waals surface area contributed by atoms with Gasteiger partial charge < -0.3 is 20.1 Å². The van der Waals surface area contributed by atoms with Crippen molar-refractivity contribution < 1.29 is 17.9 Å². The number of nitrogens with one attached hydrogen (secondary N) is 2. The molecule has 1 unspecified atom stereocenters. The highest BCUT2D eigenvalue weighted by atomic mass is 32.2. The van der Waals surface area contributed by atoms with Crippen LogP contribution in [0.2, 0.25) is 0 Å². The smallest absolute Gasteiger partial charge is 0.231 e. The second kappa shape index (κ2) is 7.54. The molecule has 0 radical (unpaired) electrons. The van der Waals surface area contributed by atoms with Crippen LogP contribution in [-0.2, 0) is 16.4 Å². The van der Waals surface area contributed by atoms with E-state index >= 15 is 0 Å². The molecule has 1 aromatic carbocycles. The SMILES string of the molecule is CN=C(NCc1ccc2c(c1)OCO2)NC(C)CCS(C)(=O)=O. The molecule has 0 fully saturated rings. The summed E-state index contributed by atoms with van der Waals surface area (Å²) in [7, 11) is -1.27. The van der Waals surface area contributed by atoms with Crippen LogP contribution in [0.15, 0.2) is 23.2 Å². The number of fused-ring (bicyclic) bond motifs is 1. The monoisotopic (exact) mass is 341 g/mol. The summed E-state index contributed by atoms with van der Waals surface area (Å²) in [6.45, 7) is 2.76. The van der Waals surface area contributed by atoms with Crippen molar-refractivity contribution in [1.82, 2.24) is 10.6 Å². The first-order chi connectivity index (χ1) is 10.9. The fourth-order valence-corrected chi connectivity index (χ4v) is 2.91. The Labute approximate surface area is 137 Å². The van der Waals surface area contributed by atoms with E-state index in [0.717, 1.165) is 17.1 Å². The minimum absolute atomic E-state index is 0.00711. The van der Waals surface area contributed by atoms with Crippen LogP contribution in [0.4, 0.5) is 0 Å². The van der Waals surface area contributed by atoms with Gasteiger partial charge in [-0.2, -0.15) is 0 Å². The van der Waals surface area contributed by atoms with Gasteiger partial charge >= 0.3 is 0 Å². The zero-order chi connectivity index (χ0) is 16.9. The van der Waals surface area contributed by atoms with E-state index in [-0.39, 0.29) is 18.6 Å². The first-order valence-electron chi connectivity index (χ1n) is 7.41. The lowest BCUT2D eigenvalue weighted by Gasteiger charge is -2.17. The van der Waals surface area contributed by atoms with Crippen LogP contribution in [0, 0.1) is 0 Å². The van der Waals surface area contributed by atoms with Crippen molar-refractivity contribution in [3.63, 3.8) is 0 Å². The normalized spacial score (nSPS) is 15.3. The maximum atomic E-state index is 11.2. The van der Waals surface area contributed by atoms with Crippen LogP contribution in [0.3, 0.4) is 0 Å². The lowest BCUT2D eigenvalue weighted by Crippen LogP contribution is -2.42. The molecule has 7 nitrogen and oxygen atoms in total. The molecule has 0 aromatic heterocycles. The number of rotatable bonds is 6. The molecule has 0 bridgehead atoms. The molecule has 1 aromatic rings. The molecular formula is C15H23N3O4S. The minimum atomic E-state index is -2.95. The molecule has 0 saturated heterocycles. The van der Waals surface area contributed by atoms with E-state index < -0.39 is 9.84 Å². The molecular weight excluding hydrogens is 318 g/mol. The zero-order valence-corrected chi connectivity index (χ0v) is 14.4. The highest BCUT2D eigenvalue weighted by Crippen LogP contribution is 2.32. The fourth-order valence-electron chi connectivity index (χ4n) is 2.13. The van der Waals surface area contributed by atoms with E-state index in [4.69, 9.17) is 9.47 Å². The van der Waals surface area contributed by atoms with Crippen LogP contribution in [0.25, 0.3) is 0 Å². The maximum absolute atomic E-state index is 11.2. The third-order valence-corrected chi connectivity index (χ3v) is 4.40. The van der Waals surface area contributed by atoms with Gasteiger partial charge in [-0.05, 0) is 31.0 Å². The molecule has 1 aliphatic rings. The van der Waals surface area contributed by atoms with Gasteiger partial charge in [-0.15, -0.1) is 0 Å². The summed E-state index contributed by atoms with van der Waals surface area (Å²) in [5.74, 6) is 2.28. The number of sulfone groups is 1. The lowest BCUT2D eigenvalue weighted by molar-refractivity contribution is 0.174. The van der Waals surface area contributed by atoms with Gasteiger partial charge in [0.15, 0.2) is 17.5 Å². The summed E-state index contributed by atoms with van der Waals surface area (Å²) in [6, 6.07) is 5.77. The number of benzene rings is 1. The predicted octanol–water partition coefficient (Wildman–Crippen LogP) is 0.903. The first-order valence-corrected chi connectivity index (χ1v) is 9.47. The van der Waals surface area contributed by atoms with Crippen molar-refractivity contribution in [3.8, 4) is 11.5 Å². The second-order valence-electron chi connectivity index (χ2n) is 5.58. The number of guanidine groups is 1. The van der Waals surface area contributed by atoms with Gasteiger partial charge in [0.05, 0.1) is 5.75 Å². The van der Waals surface area contributed by atoms with Gasteiger partial charge in [-0.1, -0.05) is 6.07 Å². The third kappa shape index (κ3) is 5.63. The van der Waals surface area contributed by atoms with Crippen molar-refractivity contribution in [1.29, 1.82) is 0 Å². The first kappa shape index (κ1) is 17.4. The van der Waals surface area contributed by atoms with Gasteiger partial charge in [0, 0.05) is 25.9 Å². The largest absolute Gasteiger partial charge is 0.454 e. The molecule has 1 heterocycles. The van der Waals surface area contributed by atoms with Crippen LogP contribution in [0.1, 0.15) is 18.9 Å². The lowest BCUT2D eigenvalue weighted by atomic mass is 10.2. The Balaban J connectivity index is 1.83. The summed E-state index contributed by atoms with van der Waals surface area (Å²) in [5, 5.41) is 6.38. The summed E-state index contributed by atoms with van der Waals surface area (Å²) in [4.78, 5) is 4.15. The standard InChI is InChI=1S/C15H23N3O4S/c1-11(6-7-23(3,19)20)18-15(16-2)17-9-12-4-5-13-14(8-12)22-10-21-13/h4-5,8,11H,6-7,9-10H2,1-3H3,(H2,16,17,18). The summed E-state index contributed by atoms with van der Waals surface area (Å²) in [6.07, 6.45) is 1.77. The number of hydrogen-bond acceptors (Lipinski definition) is 5. The number of aliphatic imine (C=N–C) groups is 1. The van der Waals surface area contributed by atoms with E-state index in [1.165, 1.54) is 6.26 Å². The van der Waals surface area contributed by atoms with Crippen LogP contribution >= 0.6 is 0 Å². The number of nitrogens with zero attached hydrogens (tertiary/aromatic N) is 1. The van der Waals surface area contributed by atoms with Crippen LogP contribution in [-0.4, -0.2) is 46.3 Å². The molecule has 2 rings (SSSR count). The Bertz CT molecular complexity index is 673. The molecule has 2 N–H and O–H groups in total.